The highest BCUT2D eigenvalue weighted by molar-refractivity contribution is 7.91. The van der Waals surface area contributed by atoms with E-state index < -0.39 is 9.84 Å². The van der Waals surface area contributed by atoms with Crippen LogP contribution >= 0.6 is 12.4 Å². The van der Waals surface area contributed by atoms with Gasteiger partial charge in [0.05, 0.1) is 22.5 Å². The second-order valence-corrected chi connectivity index (χ2v) is 7.98. The number of nitrogens with one attached hydrogen (secondary N) is 1. The van der Waals surface area contributed by atoms with Crippen LogP contribution in [0.4, 0.5) is 0 Å². The number of halogens is 1. The Hall–Kier alpha value is -1.40. The van der Waals surface area contributed by atoms with Gasteiger partial charge >= 0.3 is 0 Å². The van der Waals surface area contributed by atoms with Gasteiger partial charge in [-0.2, -0.15) is 0 Å². The van der Waals surface area contributed by atoms with Crippen LogP contribution in [0.5, 0.6) is 0 Å². The predicted octanol–water partition coefficient (Wildman–Crippen LogP) is 3.55. The molecule has 1 atom stereocenters. The highest BCUT2D eigenvalue weighted by atomic mass is 35.5. The van der Waals surface area contributed by atoms with E-state index in [-0.39, 0.29) is 18.5 Å². The van der Waals surface area contributed by atoms with E-state index in [0.29, 0.717) is 16.4 Å². The number of hydrogen-bond donors (Lipinski definition) is 1. The molecule has 0 amide bonds. The molecule has 0 fully saturated rings. The van der Waals surface area contributed by atoms with Crippen LogP contribution in [-0.4, -0.2) is 28.6 Å². The van der Waals surface area contributed by atoms with Gasteiger partial charge in [-0.3, -0.25) is 0 Å². The minimum Gasteiger partial charge on any atom is -0.372 e. The molecule has 0 aromatic heterocycles. The van der Waals surface area contributed by atoms with Crippen molar-refractivity contribution < 1.29 is 13.2 Å². The molecule has 0 heterocycles. The Balaban J connectivity index is 0.00000225. The lowest BCUT2D eigenvalue weighted by molar-refractivity contribution is 0.0434. The predicted molar refractivity (Wildman–Crippen MR) is 101 cm³/mol. The Bertz CT molecular complexity index is 794. The molecule has 1 aliphatic carbocycles. The highest BCUT2D eigenvalue weighted by Gasteiger charge is 2.24. The SMILES string of the molecule is CNCCOC1CCCc2cc(S(=O)(=O)c3ccccc3)ccc21.Cl. The van der Waals surface area contributed by atoms with Crippen LogP contribution in [0.15, 0.2) is 58.3 Å². The van der Waals surface area contributed by atoms with E-state index in [1.165, 1.54) is 0 Å². The van der Waals surface area contributed by atoms with Crippen molar-refractivity contribution in [3.63, 3.8) is 0 Å². The summed E-state index contributed by atoms with van der Waals surface area (Å²) in [7, 11) is -1.56. The van der Waals surface area contributed by atoms with E-state index >= 15 is 0 Å². The monoisotopic (exact) mass is 381 g/mol. The largest absolute Gasteiger partial charge is 0.372 e. The molecule has 0 bridgehead atoms. The normalized spacial score (nSPS) is 16.8. The minimum absolute atomic E-state index is 0. The molecule has 25 heavy (non-hydrogen) atoms. The molecule has 2 aromatic rings. The first kappa shape index (κ1) is 19.9. The van der Waals surface area contributed by atoms with Crippen LogP contribution in [-0.2, 0) is 21.0 Å². The van der Waals surface area contributed by atoms with Crippen LogP contribution in [0.25, 0.3) is 0 Å². The van der Waals surface area contributed by atoms with Crippen molar-refractivity contribution in [1.82, 2.24) is 5.32 Å². The summed E-state index contributed by atoms with van der Waals surface area (Å²) in [5, 5.41) is 3.07. The van der Waals surface area contributed by atoms with Crippen LogP contribution in [0.1, 0.15) is 30.1 Å². The molecule has 4 nitrogen and oxygen atoms in total. The van der Waals surface area contributed by atoms with E-state index in [1.807, 2.05) is 25.2 Å². The molecule has 3 rings (SSSR count). The Kier molecular flexibility index (Phi) is 7.02. The standard InChI is InChI=1S/C19H23NO3S.ClH/c1-20-12-13-23-19-9-5-6-15-14-17(10-11-18(15)19)24(21,22)16-7-3-2-4-8-16;/h2-4,7-8,10-11,14,19-20H,5-6,9,12-13H2,1H3;1H. The Morgan fingerprint density at radius 1 is 1.12 bits per heavy atom. The maximum absolute atomic E-state index is 12.8. The molecule has 0 spiro atoms. The van der Waals surface area contributed by atoms with Crippen molar-refractivity contribution in [3.05, 3.63) is 59.7 Å². The maximum Gasteiger partial charge on any atom is 0.206 e. The fraction of sp³-hybridized carbons (Fsp3) is 0.368. The van der Waals surface area contributed by atoms with Gasteiger partial charge in [-0.05, 0) is 61.7 Å². The molecule has 0 saturated heterocycles. The number of ether oxygens (including phenoxy) is 1. The summed E-state index contributed by atoms with van der Waals surface area (Å²) in [4.78, 5) is 0.700. The van der Waals surface area contributed by atoms with Crippen molar-refractivity contribution in [2.75, 3.05) is 20.2 Å². The third-order valence-electron chi connectivity index (χ3n) is 4.41. The van der Waals surface area contributed by atoms with Crippen molar-refractivity contribution in [2.45, 2.75) is 35.2 Å². The molecular formula is C19H24ClNO3S. The van der Waals surface area contributed by atoms with Crippen molar-refractivity contribution in [3.8, 4) is 0 Å². The van der Waals surface area contributed by atoms with Gasteiger partial charge in [-0.1, -0.05) is 24.3 Å². The van der Waals surface area contributed by atoms with Gasteiger partial charge in [0.15, 0.2) is 0 Å². The molecule has 136 valence electrons. The fourth-order valence-electron chi connectivity index (χ4n) is 3.13. The minimum atomic E-state index is -3.46. The first-order valence-electron chi connectivity index (χ1n) is 8.32. The zero-order valence-electron chi connectivity index (χ0n) is 14.3. The Morgan fingerprint density at radius 2 is 1.88 bits per heavy atom. The Morgan fingerprint density at radius 3 is 2.60 bits per heavy atom. The van der Waals surface area contributed by atoms with Gasteiger partial charge < -0.3 is 10.1 Å². The zero-order chi connectivity index (χ0) is 17.0. The average Bonchev–Trinajstić information content (AvgIpc) is 2.62. The van der Waals surface area contributed by atoms with Gasteiger partial charge in [-0.25, -0.2) is 8.42 Å². The number of sulfone groups is 1. The van der Waals surface area contributed by atoms with Gasteiger partial charge in [0.2, 0.25) is 9.84 Å². The molecule has 1 aliphatic rings. The number of aryl methyl sites for hydroxylation is 1. The number of likely N-dealkylation sites (N-methyl/N-ethyl adjacent to an activating group) is 1. The lowest BCUT2D eigenvalue weighted by atomic mass is 9.89. The molecule has 0 radical (unpaired) electrons. The molecule has 6 heteroatoms. The summed E-state index contributed by atoms with van der Waals surface area (Å²) in [6.45, 7) is 1.47. The van der Waals surface area contributed by atoms with Crippen LogP contribution < -0.4 is 5.32 Å². The molecule has 2 aromatic carbocycles. The van der Waals surface area contributed by atoms with E-state index in [2.05, 4.69) is 5.32 Å². The van der Waals surface area contributed by atoms with E-state index in [9.17, 15) is 8.42 Å². The van der Waals surface area contributed by atoms with E-state index in [0.717, 1.165) is 36.9 Å². The van der Waals surface area contributed by atoms with Crippen LogP contribution in [0.3, 0.4) is 0 Å². The summed E-state index contributed by atoms with van der Waals surface area (Å²) in [6, 6.07) is 14.0. The first-order chi connectivity index (χ1) is 11.6. The molecule has 0 saturated carbocycles. The third kappa shape index (κ3) is 4.42. The van der Waals surface area contributed by atoms with Gasteiger partial charge in [-0.15, -0.1) is 12.4 Å². The van der Waals surface area contributed by atoms with E-state index in [1.54, 1.807) is 30.3 Å². The number of benzene rings is 2. The van der Waals surface area contributed by atoms with Crippen molar-refractivity contribution in [1.29, 1.82) is 0 Å². The topological polar surface area (TPSA) is 55.4 Å². The number of rotatable bonds is 6. The highest BCUT2D eigenvalue weighted by Crippen LogP contribution is 2.34. The Labute approximate surface area is 155 Å². The lowest BCUT2D eigenvalue weighted by Crippen LogP contribution is -2.19. The maximum atomic E-state index is 12.8. The van der Waals surface area contributed by atoms with Gasteiger partial charge in [0, 0.05) is 6.54 Å². The zero-order valence-corrected chi connectivity index (χ0v) is 15.9. The van der Waals surface area contributed by atoms with Gasteiger partial charge in [0.1, 0.15) is 0 Å². The molecule has 1 N–H and O–H groups in total. The molecule has 1 unspecified atom stereocenters. The summed E-state index contributed by atoms with van der Waals surface area (Å²) in [5.41, 5.74) is 2.22. The average molecular weight is 382 g/mol. The van der Waals surface area contributed by atoms with Crippen LogP contribution in [0, 0.1) is 0 Å². The smallest absolute Gasteiger partial charge is 0.206 e. The van der Waals surface area contributed by atoms with Crippen molar-refractivity contribution >= 4 is 22.2 Å². The van der Waals surface area contributed by atoms with Crippen molar-refractivity contribution in [2.24, 2.45) is 0 Å². The van der Waals surface area contributed by atoms with Crippen LogP contribution in [0.2, 0.25) is 0 Å². The number of fused-ring (bicyclic) bond motifs is 1. The quantitative estimate of drug-likeness (QED) is 0.777. The molecular weight excluding hydrogens is 358 g/mol. The molecule has 0 aliphatic heterocycles. The number of hydrogen-bond acceptors (Lipinski definition) is 4. The summed E-state index contributed by atoms with van der Waals surface area (Å²) in [6.07, 6.45) is 2.97. The second kappa shape index (κ2) is 8.81. The summed E-state index contributed by atoms with van der Waals surface area (Å²) < 4.78 is 31.5. The van der Waals surface area contributed by atoms with E-state index in [4.69, 9.17) is 4.74 Å². The van der Waals surface area contributed by atoms with Gasteiger partial charge in [0.25, 0.3) is 0 Å². The fourth-order valence-corrected chi connectivity index (χ4v) is 4.46. The second-order valence-electron chi connectivity index (χ2n) is 6.03. The summed E-state index contributed by atoms with van der Waals surface area (Å²) >= 11 is 0. The first-order valence-corrected chi connectivity index (χ1v) is 9.80. The third-order valence-corrected chi connectivity index (χ3v) is 6.18. The lowest BCUT2D eigenvalue weighted by Gasteiger charge is -2.26. The summed E-state index contributed by atoms with van der Waals surface area (Å²) in [5.74, 6) is 0.